The molecule has 2 unspecified atom stereocenters. The van der Waals surface area contributed by atoms with Crippen molar-refractivity contribution in [1.82, 2.24) is 4.90 Å². The summed E-state index contributed by atoms with van der Waals surface area (Å²) in [5.74, 6) is 0.257. The van der Waals surface area contributed by atoms with Crippen LogP contribution in [-0.2, 0) is 4.79 Å². The average molecular weight is 199 g/mol. The Bertz CT molecular complexity index is 192. The number of aliphatic hydroxyl groups excluding tert-OH is 1. The quantitative estimate of drug-likeness (QED) is 0.739. The van der Waals surface area contributed by atoms with E-state index in [2.05, 4.69) is 4.90 Å². The van der Waals surface area contributed by atoms with Gasteiger partial charge in [0.05, 0.1) is 6.10 Å². The SMILES string of the molecule is CC(=O)CC1CCCCN1CC(C)O. The number of ketones is 1. The number of carbonyl (C=O) groups is 1. The van der Waals surface area contributed by atoms with Crippen LogP contribution in [0.2, 0.25) is 0 Å². The summed E-state index contributed by atoms with van der Waals surface area (Å²) in [4.78, 5) is 13.3. The molecule has 0 radical (unpaired) electrons. The molecule has 0 aromatic rings. The summed E-state index contributed by atoms with van der Waals surface area (Å²) < 4.78 is 0. The Morgan fingerprint density at radius 2 is 2.29 bits per heavy atom. The fourth-order valence-electron chi connectivity index (χ4n) is 2.20. The maximum absolute atomic E-state index is 11.1. The second-order valence-electron chi connectivity index (χ2n) is 4.40. The Kier molecular flexibility index (Phi) is 4.55. The highest BCUT2D eigenvalue weighted by Gasteiger charge is 2.23. The smallest absolute Gasteiger partial charge is 0.131 e. The molecule has 1 heterocycles. The monoisotopic (exact) mass is 199 g/mol. The van der Waals surface area contributed by atoms with Gasteiger partial charge in [0.25, 0.3) is 0 Å². The molecule has 0 bridgehead atoms. The molecule has 0 saturated carbocycles. The Labute approximate surface area is 86.1 Å². The van der Waals surface area contributed by atoms with E-state index in [0.29, 0.717) is 19.0 Å². The van der Waals surface area contributed by atoms with E-state index in [1.54, 1.807) is 13.8 Å². The molecule has 82 valence electrons. The highest BCUT2D eigenvalue weighted by atomic mass is 16.3. The van der Waals surface area contributed by atoms with Crippen LogP contribution >= 0.6 is 0 Å². The van der Waals surface area contributed by atoms with Gasteiger partial charge in [0.1, 0.15) is 5.78 Å². The maximum atomic E-state index is 11.1. The van der Waals surface area contributed by atoms with Gasteiger partial charge in [0, 0.05) is 19.0 Å². The first-order valence-electron chi connectivity index (χ1n) is 5.51. The summed E-state index contributed by atoms with van der Waals surface area (Å²) >= 11 is 0. The van der Waals surface area contributed by atoms with Gasteiger partial charge < -0.3 is 5.11 Å². The molecule has 1 fully saturated rings. The van der Waals surface area contributed by atoms with E-state index in [4.69, 9.17) is 0 Å². The van der Waals surface area contributed by atoms with Crippen LogP contribution in [0, 0.1) is 0 Å². The van der Waals surface area contributed by atoms with Crippen LogP contribution in [0.5, 0.6) is 0 Å². The van der Waals surface area contributed by atoms with Gasteiger partial charge in [0.15, 0.2) is 0 Å². The van der Waals surface area contributed by atoms with E-state index < -0.39 is 0 Å². The molecule has 2 atom stereocenters. The number of piperidine rings is 1. The van der Waals surface area contributed by atoms with E-state index in [1.807, 2.05) is 0 Å². The molecule has 3 nitrogen and oxygen atoms in total. The topological polar surface area (TPSA) is 40.5 Å². The van der Waals surface area contributed by atoms with Crippen LogP contribution in [0.1, 0.15) is 39.5 Å². The zero-order valence-corrected chi connectivity index (χ0v) is 9.20. The summed E-state index contributed by atoms with van der Waals surface area (Å²) in [5, 5.41) is 9.33. The molecule has 0 aliphatic carbocycles. The van der Waals surface area contributed by atoms with Gasteiger partial charge in [-0.25, -0.2) is 0 Å². The molecule has 1 N–H and O–H groups in total. The molecular weight excluding hydrogens is 178 g/mol. The predicted octanol–water partition coefficient (Wildman–Crippen LogP) is 1.20. The molecular formula is C11H21NO2. The minimum atomic E-state index is -0.289. The third-order valence-corrected chi connectivity index (χ3v) is 2.77. The summed E-state index contributed by atoms with van der Waals surface area (Å²) in [6.45, 7) is 5.19. The fraction of sp³-hybridized carbons (Fsp3) is 0.909. The number of β-amino-alcohol motifs (C(OH)–C–C–N with tert-alkyl or cyclic N) is 1. The molecule has 1 rings (SSSR count). The summed E-state index contributed by atoms with van der Waals surface area (Å²) in [6, 6.07) is 0.371. The average Bonchev–Trinajstić information content (AvgIpc) is 2.06. The molecule has 0 aromatic heterocycles. The Balaban J connectivity index is 2.45. The molecule has 1 saturated heterocycles. The number of likely N-dealkylation sites (tertiary alicyclic amines) is 1. The van der Waals surface area contributed by atoms with Gasteiger partial charge in [-0.05, 0) is 33.2 Å². The number of rotatable bonds is 4. The zero-order valence-electron chi connectivity index (χ0n) is 9.20. The van der Waals surface area contributed by atoms with Crippen LogP contribution in [0.15, 0.2) is 0 Å². The van der Waals surface area contributed by atoms with Crippen molar-refractivity contribution in [2.45, 2.75) is 51.7 Å². The third kappa shape index (κ3) is 3.76. The van der Waals surface area contributed by atoms with Crippen molar-refractivity contribution in [1.29, 1.82) is 0 Å². The Morgan fingerprint density at radius 1 is 1.57 bits per heavy atom. The number of hydrogen-bond acceptors (Lipinski definition) is 3. The first-order valence-corrected chi connectivity index (χ1v) is 5.51. The highest BCUT2D eigenvalue weighted by molar-refractivity contribution is 5.76. The van der Waals surface area contributed by atoms with E-state index in [1.165, 1.54) is 12.8 Å². The van der Waals surface area contributed by atoms with Crippen LogP contribution < -0.4 is 0 Å². The van der Waals surface area contributed by atoms with Crippen molar-refractivity contribution in [2.24, 2.45) is 0 Å². The van der Waals surface area contributed by atoms with Gasteiger partial charge in [0.2, 0.25) is 0 Å². The Morgan fingerprint density at radius 3 is 2.86 bits per heavy atom. The van der Waals surface area contributed by atoms with Crippen molar-refractivity contribution < 1.29 is 9.90 Å². The van der Waals surface area contributed by atoms with Crippen molar-refractivity contribution >= 4 is 5.78 Å². The number of nitrogens with zero attached hydrogens (tertiary/aromatic N) is 1. The molecule has 0 aromatic carbocycles. The molecule has 3 heteroatoms. The normalized spacial score (nSPS) is 26.1. The minimum absolute atomic E-state index is 0.257. The van der Waals surface area contributed by atoms with E-state index >= 15 is 0 Å². The number of Topliss-reactive ketones (excluding diaryl/α,β-unsaturated/α-hetero) is 1. The second-order valence-corrected chi connectivity index (χ2v) is 4.40. The molecule has 0 amide bonds. The number of aliphatic hydroxyl groups is 1. The van der Waals surface area contributed by atoms with E-state index in [-0.39, 0.29) is 11.9 Å². The minimum Gasteiger partial charge on any atom is -0.392 e. The van der Waals surface area contributed by atoms with Gasteiger partial charge >= 0.3 is 0 Å². The highest BCUT2D eigenvalue weighted by Crippen LogP contribution is 2.19. The standard InChI is InChI=1S/C11H21NO2/c1-9(13)7-11-5-3-4-6-12(11)8-10(2)14/h10-11,14H,3-8H2,1-2H3. The largest absolute Gasteiger partial charge is 0.392 e. The molecule has 14 heavy (non-hydrogen) atoms. The fourth-order valence-corrected chi connectivity index (χ4v) is 2.20. The van der Waals surface area contributed by atoms with Crippen molar-refractivity contribution in [3.8, 4) is 0 Å². The van der Waals surface area contributed by atoms with Crippen LogP contribution in [0.25, 0.3) is 0 Å². The molecule has 1 aliphatic heterocycles. The molecule has 1 aliphatic rings. The lowest BCUT2D eigenvalue weighted by Crippen LogP contribution is -2.43. The van der Waals surface area contributed by atoms with Crippen LogP contribution in [0.4, 0.5) is 0 Å². The van der Waals surface area contributed by atoms with Gasteiger partial charge in [-0.1, -0.05) is 6.42 Å². The van der Waals surface area contributed by atoms with Crippen LogP contribution in [-0.4, -0.2) is 41.0 Å². The third-order valence-electron chi connectivity index (χ3n) is 2.77. The predicted molar refractivity (Wildman–Crippen MR) is 56.2 cm³/mol. The first kappa shape index (κ1) is 11.7. The molecule has 0 spiro atoms. The number of carbonyl (C=O) groups excluding carboxylic acids is 1. The first-order chi connectivity index (χ1) is 6.59. The van der Waals surface area contributed by atoms with E-state index in [9.17, 15) is 9.90 Å². The summed E-state index contributed by atoms with van der Waals surface area (Å²) in [6.07, 6.45) is 3.87. The van der Waals surface area contributed by atoms with Gasteiger partial charge in [-0.15, -0.1) is 0 Å². The summed E-state index contributed by atoms with van der Waals surface area (Å²) in [7, 11) is 0. The second kappa shape index (κ2) is 5.47. The van der Waals surface area contributed by atoms with Gasteiger partial charge in [-0.3, -0.25) is 9.69 Å². The number of hydrogen-bond donors (Lipinski definition) is 1. The van der Waals surface area contributed by atoms with Crippen LogP contribution in [0.3, 0.4) is 0 Å². The van der Waals surface area contributed by atoms with Crippen molar-refractivity contribution in [3.63, 3.8) is 0 Å². The lowest BCUT2D eigenvalue weighted by Gasteiger charge is -2.35. The zero-order chi connectivity index (χ0) is 10.6. The van der Waals surface area contributed by atoms with Crippen molar-refractivity contribution in [2.75, 3.05) is 13.1 Å². The lowest BCUT2D eigenvalue weighted by atomic mass is 9.97. The maximum Gasteiger partial charge on any atom is 0.131 e. The van der Waals surface area contributed by atoms with Crippen molar-refractivity contribution in [3.05, 3.63) is 0 Å². The Hall–Kier alpha value is -0.410. The lowest BCUT2D eigenvalue weighted by molar-refractivity contribution is -0.118. The summed E-state index contributed by atoms with van der Waals surface area (Å²) in [5.41, 5.74) is 0. The van der Waals surface area contributed by atoms with E-state index in [0.717, 1.165) is 13.0 Å². The van der Waals surface area contributed by atoms with Gasteiger partial charge in [-0.2, -0.15) is 0 Å².